The van der Waals surface area contributed by atoms with Gasteiger partial charge in [0.05, 0.1) is 24.8 Å². The molecule has 9 nitrogen and oxygen atoms in total. The van der Waals surface area contributed by atoms with Gasteiger partial charge in [0, 0.05) is 18.7 Å². The Balaban J connectivity index is 2.06. The molecule has 3 rings (SSSR count). The Hall–Kier alpha value is -4.12. The molecule has 3 aromatic carbocycles. The highest BCUT2D eigenvalue weighted by atomic mass is 32.2. The van der Waals surface area contributed by atoms with Gasteiger partial charge in [-0.3, -0.25) is 13.9 Å². The molecule has 1 atom stereocenters. The summed E-state index contributed by atoms with van der Waals surface area (Å²) in [5, 5.41) is 2.79. The molecule has 0 saturated carbocycles. The molecule has 0 heterocycles. The molecule has 0 bridgehead atoms. The van der Waals surface area contributed by atoms with Gasteiger partial charge in [-0.15, -0.1) is 0 Å². The Morgan fingerprint density at radius 1 is 0.902 bits per heavy atom. The summed E-state index contributed by atoms with van der Waals surface area (Å²) in [6.45, 7) is 6.39. The van der Waals surface area contributed by atoms with E-state index < -0.39 is 40.2 Å². The third-order valence-electron chi connectivity index (χ3n) is 6.41. The Bertz CT molecular complexity index is 1460. The molecule has 3 aromatic rings. The van der Waals surface area contributed by atoms with Crippen molar-refractivity contribution in [2.75, 3.05) is 25.1 Å². The standard InChI is InChI=1S/C30H36FN3O6S/c1-20(2)32-30(36)22(4)33(18-23-9-11-24(31)12-10-23)29(35)19-34(25-13-7-21(3)8-14-25)41(37,38)26-15-16-27(39-5)28(17-26)40-6/h7-17,20,22H,18-19H2,1-6H3,(H,32,36)/t22-/m0/s1. The molecule has 220 valence electrons. The predicted octanol–water partition coefficient (Wildman–Crippen LogP) is 4.29. The van der Waals surface area contributed by atoms with Crippen LogP contribution in [0, 0.1) is 12.7 Å². The van der Waals surface area contributed by atoms with Crippen LogP contribution >= 0.6 is 0 Å². The Morgan fingerprint density at radius 3 is 2.07 bits per heavy atom. The second-order valence-corrected chi connectivity index (χ2v) is 11.7. The van der Waals surface area contributed by atoms with Gasteiger partial charge in [0.25, 0.3) is 10.0 Å². The first-order valence-corrected chi connectivity index (χ1v) is 14.5. The van der Waals surface area contributed by atoms with Crippen molar-refractivity contribution in [2.24, 2.45) is 0 Å². The fourth-order valence-electron chi connectivity index (χ4n) is 4.12. The molecule has 0 fully saturated rings. The number of aryl methyl sites for hydroxylation is 1. The quantitative estimate of drug-likeness (QED) is 0.340. The maximum atomic E-state index is 14.0. The van der Waals surface area contributed by atoms with Crippen LogP contribution in [0.1, 0.15) is 31.9 Å². The molecule has 0 spiro atoms. The molecule has 0 radical (unpaired) electrons. The SMILES string of the molecule is COc1ccc(S(=O)(=O)N(CC(=O)N(Cc2ccc(F)cc2)[C@@H](C)C(=O)NC(C)C)c2ccc(C)cc2)cc1OC. The van der Waals surface area contributed by atoms with Crippen molar-refractivity contribution < 1.29 is 31.9 Å². The second-order valence-electron chi connectivity index (χ2n) is 9.85. The Morgan fingerprint density at radius 2 is 1.51 bits per heavy atom. The van der Waals surface area contributed by atoms with Crippen LogP contribution in [-0.2, 0) is 26.2 Å². The molecular formula is C30H36FN3O6S. The number of halogens is 1. The van der Waals surface area contributed by atoms with E-state index in [4.69, 9.17) is 9.47 Å². The van der Waals surface area contributed by atoms with Gasteiger partial charge in [-0.1, -0.05) is 29.8 Å². The first kappa shape index (κ1) is 31.4. The molecule has 11 heteroatoms. The number of hydrogen-bond acceptors (Lipinski definition) is 6. The molecule has 0 saturated heterocycles. The largest absolute Gasteiger partial charge is 0.493 e. The van der Waals surface area contributed by atoms with E-state index in [-0.39, 0.29) is 28.9 Å². The molecule has 0 aliphatic carbocycles. The monoisotopic (exact) mass is 585 g/mol. The van der Waals surface area contributed by atoms with E-state index in [1.807, 2.05) is 6.92 Å². The molecule has 41 heavy (non-hydrogen) atoms. The lowest BCUT2D eigenvalue weighted by Gasteiger charge is -2.32. The van der Waals surface area contributed by atoms with Gasteiger partial charge in [-0.2, -0.15) is 0 Å². The Labute approximate surface area is 240 Å². The van der Waals surface area contributed by atoms with Crippen molar-refractivity contribution in [2.45, 2.75) is 51.2 Å². The zero-order valence-electron chi connectivity index (χ0n) is 24.0. The van der Waals surface area contributed by atoms with Crippen LogP contribution in [0.15, 0.2) is 71.6 Å². The summed E-state index contributed by atoms with van der Waals surface area (Å²) in [5.41, 5.74) is 1.74. The van der Waals surface area contributed by atoms with Crippen LogP contribution in [0.2, 0.25) is 0 Å². The molecule has 0 aromatic heterocycles. The van der Waals surface area contributed by atoms with Gasteiger partial charge < -0.3 is 19.7 Å². The topological polar surface area (TPSA) is 105 Å². The number of anilines is 1. The fraction of sp³-hybridized carbons (Fsp3) is 0.333. The number of methoxy groups -OCH3 is 2. The van der Waals surface area contributed by atoms with E-state index >= 15 is 0 Å². The average molecular weight is 586 g/mol. The van der Waals surface area contributed by atoms with Crippen molar-refractivity contribution in [1.82, 2.24) is 10.2 Å². The molecular weight excluding hydrogens is 549 g/mol. The minimum absolute atomic E-state index is 0.0378. The fourth-order valence-corrected chi connectivity index (χ4v) is 5.55. The third-order valence-corrected chi connectivity index (χ3v) is 8.18. The summed E-state index contributed by atoms with van der Waals surface area (Å²) in [6, 6.07) is 15.3. The zero-order valence-corrected chi connectivity index (χ0v) is 24.9. The maximum absolute atomic E-state index is 14.0. The van der Waals surface area contributed by atoms with Crippen LogP contribution in [0.3, 0.4) is 0 Å². The number of ether oxygens (including phenoxy) is 2. The summed E-state index contributed by atoms with van der Waals surface area (Å²) in [7, 11) is -1.46. The van der Waals surface area contributed by atoms with Crippen LogP contribution in [-0.4, -0.2) is 58.0 Å². The van der Waals surface area contributed by atoms with E-state index in [1.165, 1.54) is 61.6 Å². The normalized spacial score (nSPS) is 12.0. The summed E-state index contributed by atoms with van der Waals surface area (Å²) in [6.07, 6.45) is 0. The number of carbonyl (C=O) groups excluding carboxylic acids is 2. The molecule has 1 N–H and O–H groups in total. The third kappa shape index (κ3) is 7.75. The van der Waals surface area contributed by atoms with E-state index in [0.29, 0.717) is 11.3 Å². The Kier molecular flexibility index (Phi) is 10.3. The van der Waals surface area contributed by atoms with Gasteiger partial charge in [0.1, 0.15) is 18.4 Å². The minimum Gasteiger partial charge on any atom is -0.493 e. The number of benzene rings is 3. The maximum Gasteiger partial charge on any atom is 0.264 e. The van der Waals surface area contributed by atoms with E-state index in [9.17, 15) is 22.4 Å². The molecule has 2 amide bonds. The summed E-state index contributed by atoms with van der Waals surface area (Å²) in [5.74, 6) is -0.908. The lowest BCUT2D eigenvalue weighted by Crippen LogP contribution is -2.52. The highest BCUT2D eigenvalue weighted by Crippen LogP contribution is 2.32. The van der Waals surface area contributed by atoms with E-state index in [0.717, 1.165) is 9.87 Å². The highest BCUT2D eigenvalue weighted by Gasteiger charge is 2.33. The first-order valence-electron chi connectivity index (χ1n) is 13.0. The minimum atomic E-state index is -4.30. The van der Waals surface area contributed by atoms with Crippen molar-refractivity contribution in [1.29, 1.82) is 0 Å². The number of amides is 2. The molecule has 0 aliphatic rings. The van der Waals surface area contributed by atoms with E-state index in [2.05, 4.69) is 5.32 Å². The number of carbonyl (C=O) groups is 2. The van der Waals surface area contributed by atoms with Crippen molar-refractivity contribution in [3.05, 3.63) is 83.7 Å². The lowest BCUT2D eigenvalue weighted by atomic mass is 10.1. The second kappa shape index (κ2) is 13.5. The summed E-state index contributed by atoms with van der Waals surface area (Å²) in [4.78, 5) is 28.1. The van der Waals surface area contributed by atoms with Crippen LogP contribution in [0.5, 0.6) is 11.5 Å². The van der Waals surface area contributed by atoms with E-state index in [1.54, 1.807) is 45.0 Å². The van der Waals surface area contributed by atoms with Crippen molar-refractivity contribution in [3.8, 4) is 11.5 Å². The van der Waals surface area contributed by atoms with Crippen LogP contribution in [0.4, 0.5) is 10.1 Å². The van der Waals surface area contributed by atoms with Gasteiger partial charge in [0.2, 0.25) is 11.8 Å². The predicted molar refractivity (Wildman–Crippen MR) is 155 cm³/mol. The van der Waals surface area contributed by atoms with Crippen LogP contribution < -0.4 is 19.1 Å². The molecule has 0 unspecified atom stereocenters. The van der Waals surface area contributed by atoms with Gasteiger partial charge in [-0.25, -0.2) is 12.8 Å². The number of hydrogen-bond donors (Lipinski definition) is 1. The smallest absolute Gasteiger partial charge is 0.264 e. The van der Waals surface area contributed by atoms with Crippen LogP contribution in [0.25, 0.3) is 0 Å². The van der Waals surface area contributed by atoms with Crippen molar-refractivity contribution >= 4 is 27.5 Å². The van der Waals surface area contributed by atoms with Crippen molar-refractivity contribution in [3.63, 3.8) is 0 Å². The first-order chi connectivity index (χ1) is 19.4. The lowest BCUT2D eigenvalue weighted by molar-refractivity contribution is -0.139. The summed E-state index contributed by atoms with van der Waals surface area (Å²) >= 11 is 0. The number of rotatable bonds is 12. The number of nitrogens with zero attached hydrogens (tertiary/aromatic N) is 2. The highest BCUT2D eigenvalue weighted by molar-refractivity contribution is 7.92. The zero-order chi connectivity index (χ0) is 30.3. The summed E-state index contributed by atoms with van der Waals surface area (Å²) < 4.78 is 53.2. The molecule has 0 aliphatic heterocycles. The van der Waals surface area contributed by atoms with Gasteiger partial charge >= 0.3 is 0 Å². The number of sulfonamides is 1. The average Bonchev–Trinajstić information content (AvgIpc) is 2.94. The number of nitrogens with one attached hydrogen (secondary N) is 1. The van der Waals surface area contributed by atoms with Gasteiger partial charge in [0.15, 0.2) is 11.5 Å². The van der Waals surface area contributed by atoms with Gasteiger partial charge in [-0.05, 0) is 69.7 Å².